The van der Waals surface area contributed by atoms with Crippen molar-refractivity contribution in [2.75, 3.05) is 14.2 Å². The van der Waals surface area contributed by atoms with Crippen LogP contribution in [-0.2, 0) is 6.42 Å². The highest BCUT2D eigenvalue weighted by molar-refractivity contribution is 5.95. The number of unbranched alkanes of at least 4 members (excludes halogenated alkanes) is 3. The molecule has 0 spiro atoms. The number of aromatic nitrogens is 3. The lowest BCUT2D eigenvalue weighted by molar-refractivity contribution is 0.356. The SMILES string of the molecule is CCCCCCc1cc2c3cc(OC)c(OC)cc3ncn2n1. The zero-order valence-electron chi connectivity index (χ0n) is 14.0. The summed E-state index contributed by atoms with van der Waals surface area (Å²) in [5.41, 5.74) is 3.05. The van der Waals surface area contributed by atoms with E-state index in [0.717, 1.165) is 28.5 Å². The summed E-state index contributed by atoms with van der Waals surface area (Å²) in [4.78, 5) is 4.48. The second-order valence-electron chi connectivity index (χ2n) is 5.75. The second kappa shape index (κ2) is 6.86. The van der Waals surface area contributed by atoms with Crippen LogP contribution < -0.4 is 9.47 Å². The maximum Gasteiger partial charge on any atom is 0.162 e. The molecule has 0 aliphatic carbocycles. The molecule has 0 unspecified atom stereocenters. The average Bonchev–Trinajstić information content (AvgIpc) is 3.00. The largest absolute Gasteiger partial charge is 0.493 e. The Hall–Kier alpha value is -2.30. The Morgan fingerprint density at radius 3 is 2.52 bits per heavy atom. The molecule has 0 bridgehead atoms. The highest BCUT2D eigenvalue weighted by Crippen LogP contribution is 2.33. The highest BCUT2D eigenvalue weighted by atomic mass is 16.5. The summed E-state index contributed by atoms with van der Waals surface area (Å²) in [6, 6.07) is 6.03. The van der Waals surface area contributed by atoms with Crippen LogP contribution in [-0.4, -0.2) is 28.8 Å². The van der Waals surface area contributed by atoms with Gasteiger partial charge in [-0.15, -0.1) is 0 Å². The fraction of sp³-hybridized carbons (Fsp3) is 0.444. The van der Waals surface area contributed by atoms with Gasteiger partial charge >= 0.3 is 0 Å². The van der Waals surface area contributed by atoms with Crippen LogP contribution in [0.25, 0.3) is 16.4 Å². The summed E-state index contributed by atoms with van der Waals surface area (Å²) in [7, 11) is 3.28. The molecule has 0 fully saturated rings. The van der Waals surface area contributed by atoms with Crippen LogP contribution >= 0.6 is 0 Å². The predicted octanol–water partition coefficient (Wildman–Crippen LogP) is 4.02. The number of hydrogen-bond acceptors (Lipinski definition) is 4. The molecule has 5 nitrogen and oxygen atoms in total. The molecule has 2 aromatic heterocycles. The molecule has 3 aromatic rings. The first-order valence-corrected chi connectivity index (χ1v) is 8.15. The Kier molecular flexibility index (Phi) is 4.65. The fourth-order valence-corrected chi connectivity index (χ4v) is 2.89. The first kappa shape index (κ1) is 15.6. The van der Waals surface area contributed by atoms with E-state index < -0.39 is 0 Å². The van der Waals surface area contributed by atoms with Crippen molar-refractivity contribution >= 4 is 16.4 Å². The van der Waals surface area contributed by atoms with Crippen molar-refractivity contribution in [3.63, 3.8) is 0 Å². The standard InChI is InChI=1S/C18H23N3O2/c1-4-5-6-7-8-13-9-16-14-10-17(22-2)18(23-3)11-15(14)19-12-21(16)20-13/h9-12H,4-8H2,1-3H3. The van der Waals surface area contributed by atoms with Gasteiger partial charge in [0.15, 0.2) is 11.5 Å². The number of rotatable bonds is 7. The quantitative estimate of drug-likeness (QED) is 0.618. The molecule has 0 radical (unpaired) electrons. The van der Waals surface area contributed by atoms with Gasteiger partial charge in [-0.2, -0.15) is 5.10 Å². The van der Waals surface area contributed by atoms with Crippen molar-refractivity contribution in [2.24, 2.45) is 0 Å². The van der Waals surface area contributed by atoms with E-state index in [1.807, 2.05) is 16.6 Å². The van der Waals surface area contributed by atoms with E-state index in [2.05, 4.69) is 23.1 Å². The van der Waals surface area contributed by atoms with E-state index >= 15 is 0 Å². The summed E-state index contributed by atoms with van der Waals surface area (Å²) in [5, 5.41) is 5.67. The first-order chi connectivity index (χ1) is 11.3. The third-order valence-corrected chi connectivity index (χ3v) is 4.16. The summed E-state index contributed by atoms with van der Waals surface area (Å²) < 4.78 is 12.6. The molecular formula is C18H23N3O2. The normalized spacial score (nSPS) is 11.3. The maximum absolute atomic E-state index is 5.41. The van der Waals surface area contributed by atoms with Gasteiger partial charge in [-0.25, -0.2) is 9.50 Å². The molecule has 1 aromatic carbocycles. The molecule has 122 valence electrons. The molecular weight excluding hydrogens is 290 g/mol. The first-order valence-electron chi connectivity index (χ1n) is 8.15. The van der Waals surface area contributed by atoms with Crippen molar-refractivity contribution in [2.45, 2.75) is 39.0 Å². The molecule has 0 aliphatic rings. The van der Waals surface area contributed by atoms with Crippen molar-refractivity contribution in [1.29, 1.82) is 0 Å². The molecule has 2 heterocycles. The summed E-state index contributed by atoms with van der Waals surface area (Å²) >= 11 is 0. The molecule has 0 aliphatic heterocycles. The van der Waals surface area contributed by atoms with E-state index in [1.54, 1.807) is 20.5 Å². The van der Waals surface area contributed by atoms with E-state index in [0.29, 0.717) is 11.5 Å². The third-order valence-electron chi connectivity index (χ3n) is 4.16. The lowest BCUT2D eigenvalue weighted by Crippen LogP contribution is -1.95. The lowest BCUT2D eigenvalue weighted by atomic mass is 10.1. The van der Waals surface area contributed by atoms with Gasteiger partial charge in [0.25, 0.3) is 0 Å². The van der Waals surface area contributed by atoms with Gasteiger partial charge in [0.05, 0.1) is 30.9 Å². The van der Waals surface area contributed by atoms with Gasteiger partial charge in [-0.05, 0) is 25.0 Å². The van der Waals surface area contributed by atoms with E-state index in [9.17, 15) is 0 Å². The zero-order chi connectivity index (χ0) is 16.2. The zero-order valence-corrected chi connectivity index (χ0v) is 14.0. The number of nitrogens with zero attached hydrogens (tertiary/aromatic N) is 3. The van der Waals surface area contributed by atoms with E-state index in [-0.39, 0.29) is 0 Å². The van der Waals surface area contributed by atoms with E-state index in [4.69, 9.17) is 9.47 Å². The Balaban J connectivity index is 1.99. The number of hydrogen-bond donors (Lipinski definition) is 0. The van der Waals surface area contributed by atoms with Crippen LogP contribution in [0.4, 0.5) is 0 Å². The van der Waals surface area contributed by atoms with Crippen LogP contribution in [0.1, 0.15) is 38.3 Å². The molecule has 23 heavy (non-hydrogen) atoms. The van der Waals surface area contributed by atoms with Gasteiger partial charge in [0.1, 0.15) is 6.33 Å². The topological polar surface area (TPSA) is 48.7 Å². The third kappa shape index (κ3) is 3.09. The second-order valence-corrected chi connectivity index (χ2v) is 5.75. The molecule has 0 atom stereocenters. The Morgan fingerprint density at radius 1 is 1.00 bits per heavy atom. The van der Waals surface area contributed by atoms with Crippen molar-refractivity contribution in [3.8, 4) is 11.5 Å². The number of methoxy groups -OCH3 is 2. The molecule has 0 saturated heterocycles. The minimum Gasteiger partial charge on any atom is -0.493 e. The van der Waals surface area contributed by atoms with Crippen LogP contribution in [0.2, 0.25) is 0 Å². The smallest absolute Gasteiger partial charge is 0.162 e. The average molecular weight is 313 g/mol. The van der Waals surface area contributed by atoms with Gasteiger partial charge in [-0.1, -0.05) is 26.2 Å². The van der Waals surface area contributed by atoms with Gasteiger partial charge in [-0.3, -0.25) is 0 Å². The fourth-order valence-electron chi connectivity index (χ4n) is 2.89. The maximum atomic E-state index is 5.41. The van der Waals surface area contributed by atoms with Crippen LogP contribution in [0.15, 0.2) is 24.5 Å². The molecule has 0 N–H and O–H groups in total. The molecule has 0 amide bonds. The van der Waals surface area contributed by atoms with Gasteiger partial charge in [0.2, 0.25) is 0 Å². The number of ether oxygens (including phenoxy) is 2. The van der Waals surface area contributed by atoms with Crippen molar-refractivity contribution in [3.05, 3.63) is 30.2 Å². The van der Waals surface area contributed by atoms with Crippen LogP contribution in [0, 0.1) is 0 Å². The lowest BCUT2D eigenvalue weighted by Gasteiger charge is -2.09. The Morgan fingerprint density at radius 2 is 1.78 bits per heavy atom. The van der Waals surface area contributed by atoms with E-state index in [1.165, 1.54) is 25.7 Å². The molecule has 0 saturated carbocycles. The van der Waals surface area contributed by atoms with Crippen LogP contribution in [0.5, 0.6) is 11.5 Å². The van der Waals surface area contributed by atoms with Crippen molar-refractivity contribution in [1.82, 2.24) is 14.6 Å². The monoisotopic (exact) mass is 313 g/mol. The number of aryl methyl sites for hydroxylation is 1. The van der Waals surface area contributed by atoms with Crippen LogP contribution in [0.3, 0.4) is 0 Å². The molecule has 5 heteroatoms. The highest BCUT2D eigenvalue weighted by Gasteiger charge is 2.11. The number of benzene rings is 1. The summed E-state index contributed by atoms with van der Waals surface area (Å²) in [6.07, 6.45) is 7.75. The summed E-state index contributed by atoms with van der Waals surface area (Å²) in [5.74, 6) is 1.40. The Labute approximate surface area is 136 Å². The molecule has 3 rings (SSSR count). The van der Waals surface area contributed by atoms with Gasteiger partial charge in [0, 0.05) is 11.5 Å². The minimum atomic E-state index is 0.691. The Bertz CT molecular complexity index is 811. The van der Waals surface area contributed by atoms with Crippen molar-refractivity contribution < 1.29 is 9.47 Å². The van der Waals surface area contributed by atoms with Gasteiger partial charge < -0.3 is 9.47 Å². The predicted molar refractivity (Wildman–Crippen MR) is 91.4 cm³/mol. The minimum absolute atomic E-state index is 0.691. The summed E-state index contributed by atoms with van der Waals surface area (Å²) in [6.45, 7) is 2.23. The number of fused-ring (bicyclic) bond motifs is 3.